The highest BCUT2D eigenvalue weighted by Crippen LogP contribution is 2.38. The van der Waals surface area contributed by atoms with Gasteiger partial charge in [0.1, 0.15) is 0 Å². The Morgan fingerprint density at radius 2 is 1.89 bits per heavy atom. The maximum Gasteiger partial charge on any atom is 0.0811 e. The Labute approximate surface area is 115 Å². The third-order valence-electron chi connectivity index (χ3n) is 3.99. The molecular weight excluding hydrogens is 240 g/mol. The zero-order valence-electron chi connectivity index (χ0n) is 11.9. The molecule has 2 heteroatoms. The summed E-state index contributed by atoms with van der Waals surface area (Å²) in [5.74, 6) is 1.08. The first-order chi connectivity index (χ1) is 8.31. The second kappa shape index (κ2) is 4.90. The van der Waals surface area contributed by atoms with Gasteiger partial charge in [-0.15, -0.1) is 0 Å². The van der Waals surface area contributed by atoms with E-state index in [2.05, 4.69) is 52.0 Å². The van der Waals surface area contributed by atoms with Crippen LogP contribution in [0.3, 0.4) is 0 Å². The summed E-state index contributed by atoms with van der Waals surface area (Å²) in [4.78, 5) is 0. The van der Waals surface area contributed by atoms with Crippen molar-refractivity contribution < 1.29 is 5.11 Å². The Balaban J connectivity index is 2.11. The lowest BCUT2D eigenvalue weighted by Gasteiger charge is -2.27. The number of thioether (sulfide) groups is 1. The molecule has 0 amide bonds. The molecule has 100 valence electrons. The van der Waals surface area contributed by atoms with Crippen molar-refractivity contribution in [1.29, 1.82) is 0 Å². The van der Waals surface area contributed by atoms with E-state index in [0.29, 0.717) is 5.25 Å². The zero-order chi connectivity index (χ0) is 13.4. The van der Waals surface area contributed by atoms with Crippen LogP contribution in [0.2, 0.25) is 0 Å². The van der Waals surface area contributed by atoms with Crippen LogP contribution in [0.15, 0.2) is 24.3 Å². The zero-order valence-corrected chi connectivity index (χ0v) is 12.7. The van der Waals surface area contributed by atoms with E-state index in [1.165, 1.54) is 11.1 Å². The maximum atomic E-state index is 10.6. The van der Waals surface area contributed by atoms with Gasteiger partial charge in [0, 0.05) is 11.7 Å². The lowest BCUT2D eigenvalue weighted by atomic mass is 9.84. The first kappa shape index (κ1) is 14.0. The lowest BCUT2D eigenvalue weighted by molar-refractivity contribution is 0.0464. The molecule has 2 atom stereocenters. The SMILES string of the molecule is CC1SCCC1(O)Cc1ccc(C(C)(C)C)cc1. The quantitative estimate of drug-likeness (QED) is 0.877. The minimum Gasteiger partial charge on any atom is -0.388 e. The molecule has 0 spiro atoms. The Kier molecular flexibility index (Phi) is 3.80. The van der Waals surface area contributed by atoms with Crippen molar-refractivity contribution in [3.63, 3.8) is 0 Å². The van der Waals surface area contributed by atoms with Crippen LogP contribution in [0.1, 0.15) is 45.2 Å². The molecule has 1 aliphatic heterocycles. The maximum absolute atomic E-state index is 10.6. The van der Waals surface area contributed by atoms with E-state index in [1.807, 2.05) is 11.8 Å². The van der Waals surface area contributed by atoms with E-state index in [1.54, 1.807) is 0 Å². The second-order valence-electron chi connectivity index (χ2n) is 6.49. The predicted molar refractivity (Wildman–Crippen MR) is 80.3 cm³/mol. The van der Waals surface area contributed by atoms with Gasteiger partial charge in [-0.2, -0.15) is 11.8 Å². The van der Waals surface area contributed by atoms with Crippen molar-refractivity contribution in [2.24, 2.45) is 0 Å². The van der Waals surface area contributed by atoms with Crippen LogP contribution in [-0.4, -0.2) is 21.7 Å². The van der Waals surface area contributed by atoms with E-state index in [4.69, 9.17) is 0 Å². The summed E-state index contributed by atoms with van der Waals surface area (Å²) in [6.45, 7) is 8.82. The van der Waals surface area contributed by atoms with Gasteiger partial charge >= 0.3 is 0 Å². The molecule has 0 radical (unpaired) electrons. The van der Waals surface area contributed by atoms with Gasteiger partial charge in [-0.3, -0.25) is 0 Å². The van der Waals surface area contributed by atoms with Gasteiger partial charge in [-0.1, -0.05) is 52.0 Å². The topological polar surface area (TPSA) is 20.2 Å². The van der Waals surface area contributed by atoms with Crippen LogP contribution in [0.25, 0.3) is 0 Å². The molecule has 1 heterocycles. The Hall–Kier alpha value is -0.470. The molecule has 0 aliphatic carbocycles. The standard InChI is InChI=1S/C16H24OS/c1-12-16(17,9-10-18-12)11-13-5-7-14(8-6-13)15(2,3)4/h5-8,12,17H,9-11H2,1-4H3. The highest BCUT2D eigenvalue weighted by molar-refractivity contribution is 8.00. The molecule has 0 aromatic heterocycles. The monoisotopic (exact) mass is 264 g/mol. The minimum absolute atomic E-state index is 0.200. The van der Waals surface area contributed by atoms with Crippen molar-refractivity contribution in [3.8, 4) is 0 Å². The summed E-state index contributed by atoms with van der Waals surface area (Å²) in [6, 6.07) is 8.75. The lowest BCUT2D eigenvalue weighted by Crippen LogP contribution is -2.36. The van der Waals surface area contributed by atoms with E-state index < -0.39 is 5.60 Å². The first-order valence-corrected chi connectivity index (χ1v) is 7.79. The molecule has 1 aromatic rings. The summed E-state index contributed by atoms with van der Waals surface area (Å²) in [5.41, 5.74) is 2.30. The molecule has 1 aromatic carbocycles. The van der Waals surface area contributed by atoms with E-state index >= 15 is 0 Å². The third kappa shape index (κ3) is 2.92. The van der Waals surface area contributed by atoms with Crippen molar-refractivity contribution in [2.45, 2.75) is 56.8 Å². The molecule has 2 rings (SSSR count). The van der Waals surface area contributed by atoms with Crippen molar-refractivity contribution in [2.75, 3.05) is 5.75 Å². The van der Waals surface area contributed by atoms with Crippen LogP contribution in [-0.2, 0) is 11.8 Å². The smallest absolute Gasteiger partial charge is 0.0811 e. The van der Waals surface area contributed by atoms with Gasteiger partial charge in [0.2, 0.25) is 0 Å². The fourth-order valence-corrected chi connectivity index (χ4v) is 3.82. The Bertz CT molecular complexity index is 404. The van der Waals surface area contributed by atoms with Crippen LogP contribution in [0.5, 0.6) is 0 Å². The average molecular weight is 264 g/mol. The highest BCUT2D eigenvalue weighted by atomic mass is 32.2. The third-order valence-corrected chi connectivity index (χ3v) is 5.37. The van der Waals surface area contributed by atoms with Gasteiger partial charge in [-0.25, -0.2) is 0 Å². The van der Waals surface area contributed by atoms with Crippen LogP contribution < -0.4 is 0 Å². The van der Waals surface area contributed by atoms with Gasteiger partial charge in [0.15, 0.2) is 0 Å². The minimum atomic E-state index is -0.506. The number of hydrogen-bond acceptors (Lipinski definition) is 2. The summed E-state index contributed by atoms with van der Waals surface area (Å²) in [7, 11) is 0. The highest BCUT2D eigenvalue weighted by Gasteiger charge is 2.38. The van der Waals surface area contributed by atoms with Crippen molar-refractivity contribution in [1.82, 2.24) is 0 Å². The average Bonchev–Trinajstić information content (AvgIpc) is 2.58. The van der Waals surface area contributed by atoms with Crippen LogP contribution >= 0.6 is 11.8 Å². The van der Waals surface area contributed by atoms with Gasteiger partial charge in [-0.05, 0) is 28.7 Å². The van der Waals surface area contributed by atoms with Crippen molar-refractivity contribution in [3.05, 3.63) is 35.4 Å². The number of hydrogen-bond donors (Lipinski definition) is 1. The molecule has 2 unspecified atom stereocenters. The fourth-order valence-electron chi connectivity index (χ4n) is 2.48. The summed E-state index contributed by atoms with van der Waals surface area (Å²) in [5, 5.41) is 11.0. The van der Waals surface area contributed by atoms with Gasteiger partial charge < -0.3 is 5.11 Å². The molecular formula is C16H24OS. The molecule has 1 N–H and O–H groups in total. The van der Waals surface area contributed by atoms with E-state index in [9.17, 15) is 5.11 Å². The van der Waals surface area contributed by atoms with Gasteiger partial charge in [0.25, 0.3) is 0 Å². The molecule has 18 heavy (non-hydrogen) atoms. The van der Waals surface area contributed by atoms with E-state index in [0.717, 1.165) is 18.6 Å². The number of rotatable bonds is 2. The van der Waals surface area contributed by atoms with Gasteiger partial charge in [0.05, 0.1) is 5.60 Å². The first-order valence-electron chi connectivity index (χ1n) is 6.75. The van der Waals surface area contributed by atoms with Crippen LogP contribution in [0.4, 0.5) is 0 Å². The number of benzene rings is 1. The molecule has 1 nitrogen and oxygen atoms in total. The molecule has 0 saturated carbocycles. The number of aliphatic hydroxyl groups is 1. The summed E-state index contributed by atoms with van der Waals surface area (Å²) < 4.78 is 0. The Morgan fingerprint density at radius 3 is 2.33 bits per heavy atom. The molecule has 1 aliphatic rings. The predicted octanol–water partition coefficient (Wildman–Crippen LogP) is 3.78. The normalized spacial score (nSPS) is 28.6. The van der Waals surface area contributed by atoms with Crippen LogP contribution in [0, 0.1) is 0 Å². The summed E-state index contributed by atoms with van der Waals surface area (Å²) in [6.07, 6.45) is 1.70. The van der Waals surface area contributed by atoms with E-state index in [-0.39, 0.29) is 5.41 Å². The Morgan fingerprint density at radius 1 is 1.28 bits per heavy atom. The molecule has 1 saturated heterocycles. The molecule has 1 fully saturated rings. The summed E-state index contributed by atoms with van der Waals surface area (Å²) >= 11 is 1.88. The second-order valence-corrected chi connectivity index (χ2v) is 7.94. The fraction of sp³-hybridized carbons (Fsp3) is 0.625. The van der Waals surface area contributed by atoms with Crippen molar-refractivity contribution >= 4 is 11.8 Å². The largest absolute Gasteiger partial charge is 0.388 e. The molecule has 0 bridgehead atoms.